The van der Waals surface area contributed by atoms with Gasteiger partial charge in [0.15, 0.2) is 5.75 Å². The molecule has 4 rings (SSSR count). The number of rotatable bonds is 23. The molecule has 0 heterocycles. The molecule has 13 nitrogen and oxygen atoms in total. The molecule has 0 radical (unpaired) electrons. The molecular weight excluding hydrogens is 732 g/mol. The molecule has 4 aromatic carbocycles. The van der Waals surface area contributed by atoms with Crippen LogP contribution in [0.3, 0.4) is 0 Å². The van der Waals surface area contributed by atoms with Crippen LogP contribution in [0.25, 0.3) is 0 Å². The van der Waals surface area contributed by atoms with Crippen molar-refractivity contribution in [3.8, 4) is 23.0 Å². The van der Waals surface area contributed by atoms with Gasteiger partial charge >= 0.3 is 23.9 Å². The third kappa shape index (κ3) is 15.4. The number of carbonyl (C=O) groups is 4. The molecule has 0 aliphatic rings. The Kier molecular flexibility index (Phi) is 17.9. The largest absolute Gasteiger partial charge is 0.494 e. The predicted octanol–water partition coefficient (Wildman–Crippen LogP) is 8.20. The topological polar surface area (TPSA) is 158 Å². The molecule has 0 saturated carbocycles. The summed E-state index contributed by atoms with van der Waals surface area (Å²) in [5.41, 5.74) is 2.52. The van der Waals surface area contributed by atoms with E-state index in [0.717, 1.165) is 43.4 Å². The lowest BCUT2D eigenvalue weighted by molar-refractivity contribution is -0.217. The van der Waals surface area contributed by atoms with Gasteiger partial charge in [0.25, 0.3) is 0 Å². The highest BCUT2D eigenvalue weighted by Crippen LogP contribution is 2.23. The molecule has 0 N–H and O–H groups in total. The first-order valence-electron chi connectivity index (χ1n) is 18.2. The van der Waals surface area contributed by atoms with Gasteiger partial charge in [-0.25, -0.2) is 19.2 Å². The van der Waals surface area contributed by atoms with Crippen molar-refractivity contribution in [1.82, 2.24) is 0 Å². The lowest BCUT2D eigenvalue weighted by Gasteiger charge is -2.11. The monoisotopic (exact) mass is 776 g/mol. The molecule has 57 heavy (non-hydrogen) atoms. The average molecular weight is 777 g/mol. The molecule has 0 saturated heterocycles. The first-order valence-corrected chi connectivity index (χ1v) is 18.2. The van der Waals surface area contributed by atoms with E-state index in [1.165, 1.54) is 12.4 Å². The Morgan fingerprint density at radius 3 is 1.91 bits per heavy atom. The average Bonchev–Trinajstić information content (AvgIpc) is 3.23. The third-order valence-corrected chi connectivity index (χ3v) is 7.72. The van der Waals surface area contributed by atoms with Crippen LogP contribution in [0.4, 0.5) is 0 Å². The van der Waals surface area contributed by atoms with Crippen molar-refractivity contribution in [2.75, 3.05) is 19.8 Å². The Morgan fingerprint density at radius 2 is 1.23 bits per heavy atom. The predicted molar refractivity (Wildman–Crippen MR) is 213 cm³/mol. The maximum atomic E-state index is 12.8. The molecule has 0 aromatic heterocycles. The summed E-state index contributed by atoms with van der Waals surface area (Å²) in [5.74, 6) is -0.546. The van der Waals surface area contributed by atoms with Crippen LogP contribution in [-0.2, 0) is 30.6 Å². The quantitative estimate of drug-likeness (QED) is 0.0136. The minimum atomic E-state index is -0.587. The molecule has 0 fully saturated rings. The Morgan fingerprint density at radius 1 is 0.614 bits per heavy atom. The first kappa shape index (κ1) is 42.9. The van der Waals surface area contributed by atoms with Crippen LogP contribution in [0.2, 0.25) is 0 Å². The van der Waals surface area contributed by atoms with Crippen molar-refractivity contribution >= 4 is 36.3 Å². The van der Waals surface area contributed by atoms with Crippen LogP contribution in [0.15, 0.2) is 127 Å². The molecule has 0 bridgehead atoms. The molecular formula is C44H44N2O11. The van der Waals surface area contributed by atoms with Gasteiger partial charge in [-0.05, 0) is 128 Å². The van der Waals surface area contributed by atoms with E-state index >= 15 is 0 Å². The number of ether oxygens (including phenoxy) is 5. The van der Waals surface area contributed by atoms with Crippen LogP contribution in [0.5, 0.6) is 23.0 Å². The second kappa shape index (κ2) is 23.8. The van der Waals surface area contributed by atoms with E-state index in [1.807, 2.05) is 6.92 Å². The maximum Gasteiger partial charge on any atom is 0.343 e. The lowest BCUT2D eigenvalue weighted by Crippen LogP contribution is -2.10. The second-order valence-electron chi connectivity index (χ2n) is 12.1. The van der Waals surface area contributed by atoms with Crippen LogP contribution in [0, 0.1) is 0 Å². The Labute approximate surface area is 331 Å². The molecule has 4 aromatic rings. The number of benzene rings is 4. The van der Waals surface area contributed by atoms with Gasteiger partial charge < -0.3 is 28.6 Å². The second-order valence-corrected chi connectivity index (χ2v) is 12.1. The van der Waals surface area contributed by atoms with E-state index < -0.39 is 23.9 Å². The zero-order valence-corrected chi connectivity index (χ0v) is 31.6. The minimum absolute atomic E-state index is 0.0493. The highest BCUT2D eigenvalue weighted by molar-refractivity contribution is 5.95. The zero-order chi connectivity index (χ0) is 40.7. The summed E-state index contributed by atoms with van der Waals surface area (Å²) in [4.78, 5) is 58.8. The number of carbonyl (C=O) groups excluding carboxylic acids is 4. The van der Waals surface area contributed by atoms with E-state index in [2.05, 4.69) is 23.4 Å². The van der Waals surface area contributed by atoms with Crippen molar-refractivity contribution in [2.45, 2.75) is 45.6 Å². The zero-order valence-electron chi connectivity index (χ0n) is 31.6. The highest BCUT2D eigenvalue weighted by Gasteiger charge is 2.16. The van der Waals surface area contributed by atoms with Gasteiger partial charge in [-0.15, -0.1) is 0 Å². The normalized spacial score (nSPS) is 10.8. The van der Waals surface area contributed by atoms with Crippen molar-refractivity contribution in [1.29, 1.82) is 0 Å². The van der Waals surface area contributed by atoms with Gasteiger partial charge in [-0.1, -0.05) is 32.2 Å². The first-order chi connectivity index (χ1) is 27.8. The lowest BCUT2D eigenvalue weighted by atomic mass is 10.1. The van der Waals surface area contributed by atoms with Crippen LogP contribution in [0.1, 0.15) is 76.4 Å². The SMILES string of the molecule is C=CC(=O)OCCCCCCOc1ccc(C(=O)Oc2ccc(C=NN=Cc3ccc(OOCc4ccc(OC(=O)C=C)cc4)c(C(=O)OCCC)c3)cc2)cc1. The molecule has 0 amide bonds. The molecule has 0 unspecified atom stereocenters. The number of hydrogen-bond donors (Lipinski definition) is 0. The minimum Gasteiger partial charge on any atom is -0.494 e. The molecule has 0 spiro atoms. The van der Waals surface area contributed by atoms with Gasteiger partial charge in [-0.3, -0.25) is 0 Å². The van der Waals surface area contributed by atoms with E-state index in [-0.39, 0.29) is 24.5 Å². The Hall–Kier alpha value is -6.86. The molecule has 0 aliphatic carbocycles. The van der Waals surface area contributed by atoms with Crippen molar-refractivity contribution < 1.29 is 52.6 Å². The van der Waals surface area contributed by atoms with E-state index in [4.69, 9.17) is 33.5 Å². The molecule has 13 heteroatoms. The smallest absolute Gasteiger partial charge is 0.343 e. The fraction of sp³-hybridized carbons (Fsp3) is 0.227. The van der Waals surface area contributed by atoms with Crippen LogP contribution in [-0.4, -0.2) is 56.1 Å². The van der Waals surface area contributed by atoms with E-state index in [0.29, 0.717) is 53.6 Å². The molecule has 0 aliphatic heterocycles. The third-order valence-electron chi connectivity index (χ3n) is 7.72. The highest BCUT2D eigenvalue weighted by atomic mass is 17.2. The number of hydrogen-bond acceptors (Lipinski definition) is 13. The van der Waals surface area contributed by atoms with Gasteiger partial charge in [0.05, 0.1) is 37.8 Å². The Balaban J connectivity index is 1.23. The summed E-state index contributed by atoms with van der Waals surface area (Å²) in [6.07, 6.45) is 9.37. The van der Waals surface area contributed by atoms with Crippen molar-refractivity contribution in [3.05, 3.63) is 144 Å². The number of nitrogens with zero attached hydrogens (tertiary/aromatic N) is 2. The van der Waals surface area contributed by atoms with E-state index in [9.17, 15) is 19.2 Å². The number of unbranched alkanes of at least 4 members (excludes halogenated alkanes) is 3. The summed E-state index contributed by atoms with van der Waals surface area (Å²) in [6, 6.07) is 24.9. The summed E-state index contributed by atoms with van der Waals surface area (Å²) in [6.45, 7) is 9.81. The van der Waals surface area contributed by atoms with Crippen molar-refractivity contribution in [2.24, 2.45) is 10.2 Å². The van der Waals surface area contributed by atoms with Gasteiger partial charge in [-0.2, -0.15) is 15.1 Å². The van der Waals surface area contributed by atoms with Crippen LogP contribution < -0.4 is 19.1 Å². The number of esters is 4. The summed E-state index contributed by atoms with van der Waals surface area (Å²) < 4.78 is 26.6. The van der Waals surface area contributed by atoms with E-state index in [1.54, 1.807) is 91.0 Å². The van der Waals surface area contributed by atoms with Crippen molar-refractivity contribution in [3.63, 3.8) is 0 Å². The maximum absolute atomic E-state index is 12.8. The van der Waals surface area contributed by atoms with Crippen LogP contribution >= 0.6 is 0 Å². The van der Waals surface area contributed by atoms with Gasteiger partial charge in [0.2, 0.25) is 0 Å². The fourth-order valence-electron chi connectivity index (χ4n) is 4.76. The standard InChI is InChI=1S/C44H44N2O11/c1-4-25-53-44(50)39-28-34(15-24-40(39)57-54-31-33-13-20-37(21-14-33)55-42(48)6-3)30-46-45-29-32-11-18-38(19-12-32)56-43(49)35-16-22-36(23-17-35)51-26-9-7-8-10-27-52-41(47)5-2/h5-6,11-24,28-30H,2-4,7-10,25-27,31H2,1H3. The molecule has 296 valence electrons. The Bertz CT molecular complexity index is 2010. The fourth-order valence-corrected chi connectivity index (χ4v) is 4.76. The van der Waals surface area contributed by atoms with Gasteiger partial charge in [0, 0.05) is 12.2 Å². The summed E-state index contributed by atoms with van der Waals surface area (Å²) >= 11 is 0. The summed E-state index contributed by atoms with van der Waals surface area (Å²) in [7, 11) is 0. The molecule has 0 atom stereocenters. The summed E-state index contributed by atoms with van der Waals surface area (Å²) in [5, 5.41) is 8.19. The van der Waals surface area contributed by atoms with Gasteiger partial charge in [0.1, 0.15) is 29.4 Å².